The van der Waals surface area contributed by atoms with Crippen LogP contribution >= 0.6 is 12.4 Å². The lowest BCUT2D eigenvalue weighted by atomic mass is 10.4. The molecule has 0 amide bonds. The molecule has 2 nitrogen and oxygen atoms in total. The van der Waals surface area contributed by atoms with E-state index < -0.39 is 0 Å². The maximum atomic E-state index is 5.22. The van der Waals surface area contributed by atoms with Gasteiger partial charge in [-0.15, -0.1) is 12.4 Å². The first-order valence-corrected chi connectivity index (χ1v) is 2.18. The Labute approximate surface area is 50.9 Å². The molecule has 0 radical (unpaired) electrons. The summed E-state index contributed by atoms with van der Waals surface area (Å²) in [6.07, 6.45) is 0. The molecule has 0 aromatic heterocycles. The fourth-order valence-corrected chi connectivity index (χ4v) is 0.118. The second kappa shape index (κ2) is 6.21. The Hall–Kier alpha value is 0.210. The van der Waals surface area contributed by atoms with E-state index in [-0.39, 0.29) is 12.4 Å². The topological polar surface area (TPSA) is 38.0 Å². The highest BCUT2D eigenvalue weighted by atomic mass is 35.5. The van der Waals surface area contributed by atoms with Gasteiger partial charge in [0.25, 0.3) is 0 Å². The van der Waals surface area contributed by atoms with Crippen LogP contribution in [0.2, 0.25) is 0 Å². The van der Waals surface area contributed by atoms with E-state index in [1.807, 2.05) is 14.0 Å². The number of halogens is 1. The van der Waals surface area contributed by atoms with E-state index in [0.29, 0.717) is 6.04 Å². The van der Waals surface area contributed by atoms with Crippen LogP contribution in [0.25, 0.3) is 0 Å². The summed E-state index contributed by atoms with van der Waals surface area (Å²) in [6, 6.07) is 0.463. The van der Waals surface area contributed by atoms with Gasteiger partial charge in [0.1, 0.15) is 0 Å². The molecule has 0 rings (SSSR count). The van der Waals surface area contributed by atoms with Gasteiger partial charge in [0.05, 0.1) is 0 Å². The standard InChI is InChI=1S/C4H12N2.ClH/c1-4(3-5)6-2;/h4,6H,3,5H2,1-2H3;1H. The van der Waals surface area contributed by atoms with E-state index in [1.165, 1.54) is 0 Å². The summed E-state index contributed by atoms with van der Waals surface area (Å²) in [5.74, 6) is 0. The third-order valence-electron chi connectivity index (χ3n) is 0.846. The molecule has 0 fully saturated rings. The second-order valence-corrected chi connectivity index (χ2v) is 1.43. The minimum atomic E-state index is 0. The van der Waals surface area contributed by atoms with Crippen molar-refractivity contribution in [1.82, 2.24) is 5.32 Å². The van der Waals surface area contributed by atoms with Crippen molar-refractivity contribution in [1.29, 1.82) is 0 Å². The Balaban J connectivity index is 0. The van der Waals surface area contributed by atoms with Gasteiger partial charge < -0.3 is 11.1 Å². The summed E-state index contributed by atoms with van der Waals surface area (Å²) in [6.45, 7) is 2.76. The Morgan fingerprint density at radius 3 is 2.14 bits per heavy atom. The molecule has 0 aromatic carbocycles. The van der Waals surface area contributed by atoms with Crippen LogP contribution < -0.4 is 11.1 Å². The molecule has 0 aliphatic heterocycles. The van der Waals surface area contributed by atoms with E-state index in [4.69, 9.17) is 5.73 Å². The lowest BCUT2D eigenvalue weighted by Crippen LogP contribution is -2.29. The van der Waals surface area contributed by atoms with Gasteiger partial charge in [-0.2, -0.15) is 0 Å². The lowest BCUT2D eigenvalue weighted by Gasteiger charge is -2.02. The Morgan fingerprint density at radius 2 is 2.14 bits per heavy atom. The summed E-state index contributed by atoms with van der Waals surface area (Å²) in [5, 5.41) is 2.99. The first kappa shape index (κ1) is 10.2. The van der Waals surface area contributed by atoms with Gasteiger partial charge in [0, 0.05) is 12.6 Å². The Morgan fingerprint density at radius 1 is 1.71 bits per heavy atom. The number of hydrogen-bond acceptors (Lipinski definition) is 2. The van der Waals surface area contributed by atoms with Crippen LogP contribution in [0.5, 0.6) is 0 Å². The molecule has 0 aliphatic rings. The predicted molar refractivity (Wildman–Crippen MR) is 34.8 cm³/mol. The van der Waals surface area contributed by atoms with Crippen LogP contribution in [-0.2, 0) is 0 Å². The van der Waals surface area contributed by atoms with Crippen LogP contribution in [0, 0.1) is 0 Å². The zero-order chi connectivity index (χ0) is 4.99. The van der Waals surface area contributed by atoms with Crippen molar-refractivity contribution in [3.05, 3.63) is 0 Å². The first-order valence-electron chi connectivity index (χ1n) is 2.18. The second-order valence-electron chi connectivity index (χ2n) is 1.43. The van der Waals surface area contributed by atoms with Crippen LogP contribution in [0.3, 0.4) is 0 Å². The van der Waals surface area contributed by atoms with Gasteiger partial charge >= 0.3 is 0 Å². The highest BCUT2D eigenvalue weighted by molar-refractivity contribution is 5.85. The van der Waals surface area contributed by atoms with Gasteiger partial charge in [-0.3, -0.25) is 0 Å². The molecule has 0 saturated carbocycles. The summed E-state index contributed by atoms with van der Waals surface area (Å²) in [7, 11) is 1.90. The summed E-state index contributed by atoms with van der Waals surface area (Å²) in [5.41, 5.74) is 5.22. The molecule has 7 heavy (non-hydrogen) atoms. The van der Waals surface area contributed by atoms with Crippen LogP contribution in [0.15, 0.2) is 0 Å². The highest BCUT2D eigenvalue weighted by Gasteiger charge is 1.86. The molecule has 3 N–H and O–H groups in total. The van der Waals surface area contributed by atoms with Gasteiger partial charge in [-0.25, -0.2) is 0 Å². The first-order chi connectivity index (χ1) is 2.81. The molecular weight excluding hydrogens is 112 g/mol. The Bertz CT molecular complexity index is 28.9. The van der Waals surface area contributed by atoms with Crippen molar-refractivity contribution in [2.75, 3.05) is 13.6 Å². The normalized spacial score (nSPS) is 12.4. The van der Waals surface area contributed by atoms with Crippen molar-refractivity contribution in [3.63, 3.8) is 0 Å². The summed E-state index contributed by atoms with van der Waals surface area (Å²) in [4.78, 5) is 0. The number of rotatable bonds is 2. The molecule has 0 saturated heterocycles. The van der Waals surface area contributed by atoms with E-state index in [0.717, 1.165) is 6.54 Å². The molecule has 3 heteroatoms. The molecular formula is C4H13ClN2. The molecule has 0 heterocycles. The van der Waals surface area contributed by atoms with E-state index >= 15 is 0 Å². The predicted octanol–water partition coefficient (Wildman–Crippen LogP) is -0.0252. The Kier molecular flexibility index (Phi) is 9.09. The SMILES string of the molecule is CNC(C)CN.Cl. The fourth-order valence-electron chi connectivity index (χ4n) is 0.118. The van der Waals surface area contributed by atoms with Crippen LogP contribution in [0.1, 0.15) is 6.92 Å². The lowest BCUT2D eigenvalue weighted by molar-refractivity contribution is 0.621. The number of hydrogen-bond donors (Lipinski definition) is 2. The zero-order valence-electron chi connectivity index (χ0n) is 4.77. The summed E-state index contributed by atoms with van der Waals surface area (Å²) >= 11 is 0. The molecule has 0 aliphatic carbocycles. The average molecular weight is 125 g/mol. The van der Waals surface area contributed by atoms with Crippen LogP contribution in [0.4, 0.5) is 0 Å². The monoisotopic (exact) mass is 124 g/mol. The van der Waals surface area contributed by atoms with Gasteiger partial charge in [0.2, 0.25) is 0 Å². The van der Waals surface area contributed by atoms with Crippen LogP contribution in [-0.4, -0.2) is 19.6 Å². The maximum Gasteiger partial charge on any atom is 0.0158 e. The molecule has 0 aromatic rings. The van der Waals surface area contributed by atoms with Gasteiger partial charge in [-0.1, -0.05) is 0 Å². The smallest absolute Gasteiger partial charge is 0.0158 e. The molecule has 1 unspecified atom stereocenters. The van der Waals surface area contributed by atoms with Crippen molar-refractivity contribution in [2.45, 2.75) is 13.0 Å². The van der Waals surface area contributed by atoms with E-state index in [9.17, 15) is 0 Å². The molecule has 46 valence electrons. The van der Waals surface area contributed by atoms with Crippen molar-refractivity contribution >= 4 is 12.4 Å². The van der Waals surface area contributed by atoms with Gasteiger partial charge in [0.15, 0.2) is 0 Å². The fraction of sp³-hybridized carbons (Fsp3) is 1.00. The zero-order valence-corrected chi connectivity index (χ0v) is 5.59. The van der Waals surface area contributed by atoms with E-state index in [1.54, 1.807) is 0 Å². The molecule has 1 atom stereocenters. The largest absolute Gasteiger partial charge is 0.329 e. The molecule has 0 spiro atoms. The van der Waals surface area contributed by atoms with Crippen molar-refractivity contribution < 1.29 is 0 Å². The third kappa shape index (κ3) is 6.21. The van der Waals surface area contributed by atoms with Crippen molar-refractivity contribution in [3.8, 4) is 0 Å². The average Bonchev–Trinajstić information content (AvgIpc) is 1.65. The van der Waals surface area contributed by atoms with Crippen molar-refractivity contribution in [2.24, 2.45) is 5.73 Å². The van der Waals surface area contributed by atoms with Gasteiger partial charge in [-0.05, 0) is 14.0 Å². The van der Waals surface area contributed by atoms with E-state index in [2.05, 4.69) is 5.32 Å². The highest BCUT2D eigenvalue weighted by Crippen LogP contribution is 1.67. The number of likely N-dealkylation sites (N-methyl/N-ethyl adjacent to an activating group) is 1. The third-order valence-corrected chi connectivity index (χ3v) is 0.846. The number of nitrogens with two attached hydrogens (primary N) is 1. The maximum absolute atomic E-state index is 5.22. The molecule has 0 bridgehead atoms. The minimum absolute atomic E-state index is 0. The number of nitrogens with one attached hydrogen (secondary N) is 1. The summed E-state index contributed by atoms with van der Waals surface area (Å²) < 4.78 is 0. The minimum Gasteiger partial charge on any atom is -0.329 e. The quantitative estimate of drug-likeness (QED) is 0.543.